The lowest BCUT2D eigenvalue weighted by atomic mass is 10.2. The smallest absolute Gasteiger partial charge is 0.301 e. The highest BCUT2D eigenvalue weighted by molar-refractivity contribution is 8.08. The van der Waals surface area contributed by atoms with E-state index in [4.69, 9.17) is 0 Å². The van der Waals surface area contributed by atoms with Gasteiger partial charge in [-0.2, -0.15) is 0 Å². The maximum Gasteiger partial charge on any atom is 0.301 e. The summed E-state index contributed by atoms with van der Waals surface area (Å²) >= 11 is 0.873. The van der Waals surface area contributed by atoms with Crippen molar-refractivity contribution in [1.82, 2.24) is 3.71 Å². The number of hydrogen-bond acceptors (Lipinski definition) is 8. The third-order valence-corrected chi connectivity index (χ3v) is 6.58. The first-order chi connectivity index (χ1) is 11.6. The number of nitrogens with zero attached hydrogens (tertiary/aromatic N) is 4. The molecule has 0 aliphatic heterocycles. The molecule has 0 aromatic heterocycles. The molecule has 0 radical (unpaired) electrons. The second kappa shape index (κ2) is 8.45. The van der Waals surface area contributed by atoms with Gasteiger partial charge in [-0.1, -0.05) is 18.9 Å². The van der Waals surface area contributed by atoms with Crippen molar-refractivity contribution in [3.05, 3.63) is 32.4 Å². The van der Waals surface area contributed by atoms with Crippen LogP contribution in [0.25, 0.3) is 0 Å². The molecule has 0 atom stereocenters. The van der Waals surface area contributed by atoms with Gasteiger partial charge in [0.05, 0.1) is 14.7 Å². The third kappa shape index (κ3) is 4.38. The fourth-order valence-corrected chi connectivity index (χ4v) is 4.14. The van der Waals surface area contributed by atoms with Crippen LogP contribution in [0.2, 0.25) is 0 Å². The van der Waals surface area contributed by atoms with Crippen LogP contribution in [0, 0.1) is 20.2 Å². The molecule has 1 rings (SSSR count). The Kier molecular flexibility index (Phi) is 7.14. The van der Waals surface area contributed by atoms with Crippen LogP contribution in [-0.2, 0) is 10.0 Å². The Morgan fingerprint density at radius 1 is 1.12 bits per heavy atom. The highest BCUT2D eigenvalue weighted by Crippen LogP contribution is 2.40. The summed E-state index contributed by atoms with van der Waals surface area (Å²) in [7, 11) is -2.83. The average Bonchev–Trinajstić information content (AvgIpc) is 2.57. The molecule has 0 N–H and O–H groups in total. The molecule has 0 spiro atoms. The zero-order valence-electron chi connectivity index (χ0n) is 14.3. The van der Waals surface area contributed by atoms with Crippen molar-refractivity contribution in [1.29, 1.82) is 0 Å². The topological polar surface area (TPSA) is 127 Å². The second-order valence-corrected chi connectivity index (χ2v) is 8.11. The van der Waals surface area contributed by atoms with Crippen LogP contribution < -0.4 is 4.90 Å². The number of nitro groups is 2. The largest absolute Gasteiger partial charge is 0.361 e. The first-order valence-electron chi connectivity index (χ1n) is 7.36. The summed E-state index contributed by atoms with van der Waals surface area (Å²) in [6.07, 6.45) is 2.13. The van der Waals surface area contributed by atoms with E-state index in [2.05, 4.69) is 0 Å². The molecular weight excluding hydrogens is 372 g/mol. The standard InChI is InChI=1S/C13H20N4O6S2/c1-5-7-15(6-2)13-11(16(18)19)8-10(9-12(13)17(20)21)25(22,23)14(3)24-4/h8-9H,5-7H2,1-4H3. The van der Waals surface area contributed by atoms with Crippen LogP contribution in [0.4, 0.5) is 17.1 Å². The Balaban J connectivity index is 3.81. The molecule has 0 saturated carbocycles. The maximum absolute atomic E-state index is 12.4. The fourth-order valence-electron chi connectivity index (χ4n) is 2.27. The number of nitro benzene ring substituents is 2. The van der Waals surface area contributed by atoms with E-state index in [1.165, 1.54) is 18.2 Å². The van der Waals surface area contributed by atoms with Crippen LogP contribution in [0.3, 0.4) is 0 Å². The van der Waals surface area contributed by atoms with Crippen molar-refractivity contribution in [2.75, 3.05) is 31.3 Å². The van der Waals surface area contributed by atoms with Gasteiger partial charge in [0, 0.05) is 32.3 Å². The van der Waals surface area contributed by atoms with Crippen molar-refractivity contribution in [2.24, 2.45) is 0 Å². The van der Waals surface area contributed by atoms with E-state index in [0.29, 0.717) is 19.5 Å². The molecular formula is C13H20N4O6S2. The normalized spacial score (nSPS) is 11.6. The van der Waals surface area contributed by atoms with Crippen molar-refractivity contribution in [3.8, 4) is 0 Å². The first-order valence-corrected chi connectivity index (χ1v) is 9.98. The molecule has 1 aromatic carbocycles. The van der Waals surface area contributed by atoms with Crippen molar-refractivity contribution in [3.63, 3.8) is 0 Å². The minimum atomic E-state index is -4.09. The summed E-state index contributed by atoms with van der Waals surface area (Å²) in [6.45, 7) is 4.24. The van der Waals surface area contributed by atoms with Crippen LogP contribution in [0.15, 0.2) is 17.0 Å². The van der Waals surface area contributed by atoms with Gasteiger partial charge in [-0.05, 0) is 19.6 Å². The molecule has 0 heterocycles. The van der Waals surface area contributed by atoms with E-state index in [1.54, 1.807) is 6.92 Å². The Hall–Kier alpha value is -1.92. The quantitative estimate of drug-likeness (QED) is 0.356. The molecule has 0 saturated heterocycles. The minimum absolute atomic E-state index is 0.176. The molecule has 0 fully saturated rings. The molecule has 10 nitrogen and oxygen atoms in total. The van der Waals surface area contributed by atoms with E-state index < -0.39 is 36.1 Å². The molecule has 0 aliphatic carbocycles. The van der Waals surface area contributed by atoms with Gasteiger partial charge >= 0.3 is 11.4 Å². The van der Waals surface area contributed by atoms with Gasteiger partial charge in [-0.25, -0.2) is 8.42 Å². The molecule has 1 aromatic rings. The first kappa shape index (κ1) is 21.1. The lowest BCUT2D eigenvalue weighted by Gasteiger charge is -2.22. The van der Waals surface area contributed by atoms with Crippen molar-refractivity contribution >= 4 is 39.0 Å². The Bertz CT molecular complexity index is 733. The van der Waals surface area contributed by atoms with E-state index >= 15 is 0 Å². The van der Waals surface area contributed by atoms with E-state index in [1.807, 2.05) is 6.92 Å². The predicted octanol–water partition coefficient (Wildman–Crippen LogP) is 2.64. The van der Waals surface area contributed by atoms with Gasteiger partial charge in [-0.15, -0.1) is 3.71 Å². The Morgan fingerprint density at radius 2 is 1.60 bits per heavy atom. The predicted molar refractivity (Wildman–Crippen MR) is 96.4 cm³/mol. The zero-order chi connectivity index (χ0) is 19.4. The number of sulfonamides is 1. The van der Waals surface area contributed by atoms with E-state index in [-0.39, 0.29) is 5.69 Å². The summed E-state index contributed by atoms with van der Waals surface area (Å²) in [4.78, 5) is 22.4. The summed E-state index contributed by atoms with van der Waals surface area (Å²) in [6, 6.07) is 1.76. The number of rotatable bonds is 9. The van der Waals surface area contributed by atoms with Gasteiger partial charge < -0.3 is 4.90 Å². The van der Waals surface area contributed by atoms with E-state index in [0.717, 1.165) is 27.8 Å². The van der Waals surface area contributed by atoms with Crippen LogP contribution in [0.1, 0.15) is 20.3 Å². The van der Waals surface area contributed by atoms with Crippen molar-refractivity contribution in [2.45, 2.75) is 25.2 Å². The third-order valence-electron chi connectivity index (χ3n) is 3.52. The van der Waals surface area contributed by atoms with Gasteiger partial charge in [0.15, 0.2) is 5.69 Å². The van der Waals surface area contributed by atoms with Gasteiger partial charge in [0.1, 0.15) is 0 Å². The Labute approximate surface area is 150 Å². The lowest BCUT2D eigenvalue weighted by Crippen LogP contribution is -2.26. The summed E-state index contributed by atoms with van der Waals surface area (Å²) in [5, 5.41) is 23.0. The monoisotopic (exact) mass is 392 g/mol. The summed E-state index contributed by atoms with van der Waals surface area (Å²) in [5.74, 6) is 0. The summed E-state index contributed by atoms with van der Waals surface area (Å²) < 4.78 is 25.8. The number of benzene rings is 1. The molecule has 140 valence electrons. The van der Waals surface area contributed by atoms with Gasteiger partial charge in [0.25, 0.3) is 10.0 Å². The minimum Gasteiger partial charge on any atom is -0.361 e. The highest BCUT2D eigenvalue weighted by atomic mass is 32.3. The molecule has 0 unspecified atom stereocenters. The van der Waals surface area contributed by atoms with E-state index in [9.17, 15) is 28.6 Å². The number of anilines is 1. The molecule has 12 heteroatoms. The van der Waals surface area contributed by atoms with Crippen LogP contribution >= 0.6 is 11.9 Å². The lowest BCUT2D eigenvalue weighted by molar-refractivity contribution is -0.393. The molecule has 25 heavy (non-hydrogen) atoms. The van der Waals surface area contributed by atoms with Crippen LogP contribution in [-0.4, -0.2) is 48.4 Å². The molecule has 0 aliphatic rings. The van der Waals surface area contributed by atoms with Crippen LogP contribution in [0.5, 0.6) is 0 Å². The second-order valence-electron chi connectivity index (χ2n) is 5.00. The molecule has 0 amide bonds. The van der Waals surface area contributed by atoms with Crippen molar-refractivity contribution < 1.29 is 18.3 Å². The maximum atomic E-state index is 12.4. The van der Waals surface area contributed by atoms with Gasteiger partial charge in [0.2, 0.25) is 0 Å². The highest BCUT2D eigenvalue weighted by Gasteiger charge is 2.34. The average molecular weight is 392 g/mol. The number of hydrogen-bond donors (Lipinski definition) is 0. The SMILES string of the molecule is CCCN(CC)c1c([N+](=O)[O-])cc(S(=O)(=O)N(C)SC)cc1[N+](=O)[O-]. The summed E-state index contributed by atoms with van der Waals surface area (Å²) in [5.41, 5.74) is -1.37. The zero-order valence-corrected chi connectivity index (χ0v) is 16.0. The van der Waals surface area contributed by atoms with Gasteiger partial charge in [-0.3, -0.25) is 20.2 Å². The fraction of sp³-hybridized carbons (Fsp3) is 0.538. The molecule has 0 bridgehead atoms. The Morgan fingerprint density at radius 3 is 1.92 bits per heavy atom.